The van der Waals surface area contributed by atoms with Crippen LogP contribution in [-0.2, 0) is 4.79 Å². The smallest absolute Gasteiger partial charge is 0.217 e. The fourth-order valence-electron chi connectivity index (χ4n) is 3.02. The van der Waals surface area contributed by atoms with Gasteiger partial charge in [0.25, 0.3) is 0 Å². The summed E-state index contributed by atoms with van der Waals surface area (Å²) in [7, 11) is 0. The van der Waals surface area contributed by atoms with Gasteiger partial charge in [-0.25, -0.2) is 4.99 Å². The van der Waals surface area contributed by atoms with E-state index < -0.39 is 0 Å². The molecule has 19 heavy (non-hydrogen) atoms. The third-order valence-electron chi connectivity index (χ3n) is 4.12. The summed E-state index contributed by atoms with van der Waals surface area (Å²) in [6.07, 6.45) is 8.19. The molecule has 2 rings (SSSR count). The van der Waals surface area contributed by atoms with E-state index in [1.165, 1.54) is 32.1 Å². The van der Waals surface area contributed by atoms with Gasteiger partial charge >= 0.3 is 0 Å². The van der Waals surface area contributed by atoms with Crippen LogP contribution < -0.4 is 11.1 Å². The van der Waals surface area contributed by atoms with Crippen LogP contribution in [0.3, 0.4) is 0 Å². The van der Waals surface area contributed by atoms with E-state index in [4.69, 9.17) is 5.73 Å². The van der Waals surface area contributed by atoms with Crippen molar-refractivity contribution in [3.8, 4) is 0 Å². The average Bonchev–Trinajstić information content (AvgIpc) is 2.40. The Morgan fingerprint density at radius 1 is 1.16 bits per heavy atom. The number of likely N-dealkylation sites (tertiary alicyclic amines) is 1. The summed E-state index contributed by atoms with van der Waals surface area (Å²) in [5.74, 6) is 0.760. The number of rotatable bonds is 2. The minimum absolute atomic E-state index is 0.0577. The second-order valence-corrected chi connectivity index (χ2v) is 5.74. The summed E-state index contributed by atoms with van der Waals surface area (Å²) in [5.41, 5.74) is 6.11. The molecule has 5 heteroatoms. The van der Waals surface area contributed by atoms with Gasteiger partial charge in [0.05, 0.1) is 6.04 Å². The topological polar surface area (TPSA) is 70.7 Å². The second kappa shape index (κ2) is 6.78. The van der Waals surface area contributed by atoms with E-state index in [9.17, 15) is 4.79 Å². The zero-order valence-corrected chi connectivity index (χ0v) is 11.9. The zero-order valence-electron chi connectivity index (χ0n) is 11.9. The molecule has 5 nitrogen and oxygen atoms in total. The SMILES string of the molecule is CC(=O)NC1CCN(C(N)=NC2CCCCC2)CC1. The Hall–Kier alpha value is -1.26. The molecule has 1 saturated carbocycles. The number of carbonyl (C=O) groups is 1. The molecule has 0 unspecified atom stereocenters. The largest absolute Gasteiger partial charge is 0.370 e. The molecule has 1 aliphatic carbocycles. The van der Waals surface area contributed by atoms with E-state index in [-0.39, 0.29) is 5.91 Å². The Labute approximate surface area is 115 Å². The fraction of sp³-hybridized carbons (Fsp3) is 0.857. The van der Waals surface area contributed by atoms with Crippen molar-refractivity contribution >= 4 is 11.9 Å². The van der Waals surface area contributed by atoms with Crippen molar-refractivity contribution in [1.29, 1.82) is 0 Å². The minimum atomic E-state index is 0.0577. The van der Waals surface area contributed by atoms with Crippen LogP contribution in [0.25, 0.3) is 0 Å². The highest BCUT2D eigenvalue weighted by Gasteiger charge is 2.21. The van der Waals surface area contributed by atoms with Gasteiger partial charge in [-0.1, -0.05) is 19.3 Å². The van der Waals surface area contributed by atoms with Crippen LogP contribution in [0.4, 0.5) is 0 Å². The first-order valence-corrected chi connectivity index (χ1v) is 7.50. The van der Waals surface area contributed by atoms with Crippen LogP contribution >= 0.6 is 0 Å². The predicted molar refractivity (Wildman–Crippen MR) is 76.9 cm³/mol. The number of guanidine groups is 1. The molecule has 3 N–H and O–H groups in total. The maximum atomic E-state index is 11.0. The summed E-state index contributed by atoms with van der Waals surface area (Å²) in [6.45, 7) is 3.37. The number of piperidine rings is 1. The van der Waals surface area contributed by atoms with Gasteiger partial charge in [0.1, 0.15) is 0 Å². The third-order valence-corrected chi connectivity index (χ3v) is 4.12. The van der Waals surface area contributed by atoms with E-state index in [0.29, 0.717) is 18.0 Å². The molecule has 0 aromatic heterocycles. The van der Waals surface area contributed by atoms with Crippen molar-refractivity contribution in [2.45, 2.75) is 64.0 Å². The van der Waals surface area contributed by atoms with Gasteiger partial charge in [-0.2, -0.15) is 0 Å². The van der Waals surface area contributed by atoms with Crippen LogP contribution in [0.2, 0.25) is 0 Å². The summed E-state index contributed by atoms with van der Waals surface area (Å²) in [6, 6.07) is 0.734. The van der Waals surface area contributed by atoms with Crippen molar-refractivity contribution in [3.05, 3.63) is 0 Å². The number of aliphatic imine (C=N–C) groups is 1. The molecule has 1 heterocycles. The van der Waals surface area contributed by atoms with Crippen molar-refractivity contribution in [1.82, 2.24) is 10.2 Å². The Morgan fingerprint density at radius 3 is 2.37 bits per heavy atom. The molecular weight excluding hydrogens is 240 g/mol. The van der Waals surface area contributed by atoms with Gasteiger partial charge in [0.15, 0.2) is 5.96 Å². The first kappa shape index (κ1) is 14.2. The Kier molecular flexibility index (Phi) is 5.05. The predicted octanol–water partition coefficient (Wildman–Crippen LogP) is 1.23. The number of nitrogens with zero attached hydrogens (tertiary/aromatic N) is 2. The van der Waals surface area contributed by atoms with Crippen LogP contribution in [0.1, 0.15) is 51.9 Å². The lowest BCUT2D eigenvalue weighted by molar-refractivity contribution is -0.119. The number of amides is 1. The van der Waals surface area contributed by atoms with Gasteiger partial charge in [-0.05, 0) is 25.7 Å². The lowest BCUT2D eigenvalue weighted by atomic mass is 9.96. The molecular formula is C14H26N4O. The van der Waals surface area contributed by atoms with Crippen molar-refractivity contribution in [2.75, 3.05) is 13.1 Å². The highest BCUT2D eigenvalue weighted by Crippen LogP contribution is 2.20. The Bertz CT molecular complexity index is 328. The maximum absolute atomic E-state index is 11.0. The molecule has 0 aromatic rings. The first-order chi connectivity index (χ1) is 9.15. The van der Waals surface area contributed by atoms with Crippen LogP contribution in [0.15, 0.2) is 4.99 Å². The lowest BCUT2D eigenvalue weighted by Gasteiger charge is -2.33. The molecule has 0 bridgehead atoms. The highest BCUT2D eigenvalue weighted by molar-refractivity contribution is 5.78. The van der Waals surface area contributed by atoms with E-state index in [0.717, 1.165) is 25.9 Å². The highest BCUT2D eigenvalue weighted by atomic mass is 16.1. The Morgan fingerprint density at radius 2 is 1.79 bits per heavy atom. The number of nitrogens with two attached hydrogens (primary N) is 1. The van der Waals surface area contributed by atoms with Crippen molar-refractivity contribution in [3.63, 3.8) is 0 Å². The first-order valence-electron chi connectivity index (χ1n) is 7.50. The molecule has 1 amide bonds. The number of hydrogen-bond acceptors (Lipinski definition) is 2. The van der Waals surface area contributed by atoms with E-state index in [1.807, 2.05) is 0 Å². The zero-order chi connectivity index (χ0) is 13.7. The summed E-state index contributed by atoms with van der Waals surface area (Å²) in [5, 5.41) is 2.98. The van der Waals surface area contributed by atoms with Crippen LogP contribution in [0.5, 0.6) is 0 Å². The molecule has 0 atom stereocenters. The van der Waals surface area contributed by atoms with E-state index >= 15 is 0 Å². The molecule has 2 fully saturated rings. The van der Waals surface area contributed by atoms with Crippen molar-refractivity contribution in [2.24, 2.45) is 10.7 Å². The Balaban J connectivity index is 1.79. The number of hydrogen-bond donors (Lipinski definition) is 2. The molecule has 0 radical (unpaired) electrons. The number of carbonyl (C=O) groups excluding carboxylic acids is 1. The lowest BCUT2D eigenvalue weighted by Crippen LogP contribution is -2.48. The van der Waals surface area contributed by atoms with Gasteiger partial charge in [-0.15, -0.1) is 0 Å². The molecule has 0 spiro atoms. The maximum Gasteiger partial charge on any atom is 0.217 e. The summed E-state index contributed by atoms with van der Waals surface area (Å²) < 4.78 is 0. The van der Waals surface area contributed by atoms with Gasteiger partial charge < -0.3 is 16.0 Å². The third kappa shape index (κ3) is 4.40. The standard InChI is InChI=1S/C14H26N4O/c1-11(19)16-13-7-9-18(10-8-13)14(15)17-12-5-3-2-4-6-12/h12-13H,2-10H2,1H3,(H2,15,17)(H,16,19). The van der Waals surface area contributed by atoms with Crippen LogP contribution in [0, 0.1) is 0 Å². The molecule has 1 saturated heterocycles. The average molecular weight is 266 g/mol. The number of nitrogens with one attached hydrogen (secondary N) is 1. The van der Waals surface area contributed by atoms with E-state index in [2.05, 4.69) is 15.2 Å². The quantitative estimate of drug-likeness (QED) is 0.583. The monoisotopic (exact) mass is 266 g/mol. The van der Waals surface area contributed by atoms with Crippen molar-refractivity contribution < 1.29 is 4.79 Å². The molecule has 1 aliphatic heterocycles. The van der Waals surface area contributed by atoms with Crippen LogP contribution in [-0.4, -0.2) is 41.9 Å². The molecule has 2 aliphatic rings. The van der Waals surface area contributed by atoms with Gasteiger partial charge in [0, 0.05) is 26.1 Å². The molecule has 0 aromatic carbocycles. The van der Waals surface area contributed by atoms with Gasteiger partial charge in [-0.3, -0.25) is 4.79 Å². The summed E-state index contributed by atoms with van der Waals surface area (Å²) >= 11 is 0. The minimum Gasteiger partial charge on any atom is -0.370 e. The summed E-state index contributed by atoms with van der Waals surface area (Å²) in [4.78, 5) is 17.9. The second-order valence-electron chi connectivity index (χ2n) is 5.74. The van der Waals surface area contributed by atoms with Gasteiger partial charge in [0.2, 0.25) is 5.91 Å². The normalized spacial score (nSPS) is 23.4. The van der Waals surface area contributed by atoms with E-state index in [1.54, 1.807) is 6.92 Å². The fourth-order valence-corrected chi connectivity index (χ4v) is 3.02. The molecule has 108 valence electrons.